The highest BCUT2D eigenvalue weighted by atomic mass is 15.3. The molecule has 2 unspecified atom stereocenters. The third kappa shape index (κ3) is 2.10. The maximum absolute atomic E-state index is 6.07. The molecule has 1 aliphatic heterocycles. The van der Waals surface area contributed by atoms with Crippen molar-refractivity contribution in [3.05, 3.63) is 0 Å². The van der Waals surface area contributed by atoms with Gasteiger partial charge in [-0.15, -0.1) is 0 Å². The molecular weight excluding hydrogens is 174 g/mol. The van der Waals surface area contributed by atoms with E-state index in [0.717, 1.165) is 12.0 Å². The summed E-state index contributed by atoms with van der Waals surface area (Å²) in [6.07, 6.45) is 2.52. The van der Waals surface area contributed by atoms with Crippen molar-refractivity contribution in [3.8, 4) is 0 Å². The first-order valence-corrected chi connectivity index (χ1v) is 5.85. The fourth-order valence-corrected chi connectivity index (χ4v) is 2.73. The Morgan fingerprint density at radius 2 is 1.71 bits per heavy atom. The van der Waals surface area contributed by atoms with Crippen LogP contribution in [0.25, 0.3) is 0 Å². The number of piperazine rings is 1. The van der Waals surface area contributed by atoms with Crippen LogP contribution in [-0.4, -0.2) is 55.1 Å². The second kappa shape index (κ2) is 4.17. The monoisotopic (exact) mass is 197 g/mol. The Balaban J connectivity index is 1.85. The zero-order chi connectivity index (χ0) is 10.1. The molecule has 1 heterocycles. The van der Waals surface area contributed by atoms with Gasteiger partial charge in [-0.3, -0.25) is 4.90 Å². The van der Waals surface area contributed by atoms with Gasteiger partial charge in [-0.2, -0.15) is 0 Å². The van der Waals surface area contributed by atoms with Crippen LogP contribution in [0.5, 0.6) is 0 Å². The van der Waals surface area contributed by atoms with Crippen LogP contribution in [-0.2, 0) is 0 Å². The zero-order valence-electron chi connectivity index (χ0n) is 9.45. The SMILES string of the molecule is CC1CC(N2CCN(C)CC2)C[C@H]1N. The van der Waals surface area contributed by atoms with E-state index in [-0.39, 0.29) is 0 Å². The molecule has 0 radical (unpaired) electrons. The van der Waals surface area contributed by atoms with Crippen molar-refractivity contribution >= 4 is 0 Å². The lowest BCUT2D eigenvalue weighted by Gasteiger charge is -2.36. The van der Waals surface area contributed by atoms with Crippen LogP contribution in [0.3, 0.4) is 0 Å². The van der Waals surface area contributed by atoms with Crippen LogP contribution in [0.4, 0.5) is 0 Å². The third-order valence-electron chi connectivity index (χ3n) is 3.97. The van der Waals surface area contributed by atoms with Crippen molar-refractivity contribution in [2.75, 3.05) is 33.2 Å². The van der Waals surface area contributed by atoms with E-state index in [1.54, 1.807) is 0 Å². The lowest BCUT2D eigenvalue weighted by molar-refractivity contribution is 0.112. The molecule has 1 saturated carbocycles. The second-order valence-corrected chi connectivity index (χ2v) is 5.11. The summed E-state index contributed by atoms with van der Waals surface area (Å²) < 4.78 is 0. The van der Waals surface area contributed by atoms with Gasteiger partial charge >= 0.3 is 0 Å². The summed E-state index contributed by atoms with van der Waals surface area (Å²) in [7, 11) is 2.21. The molecule has 82 valence electrons. The summed E-state index contributed by atoms with van der Waals surface area (Å²) in [5.41, 5.74) is 6.07. The molecule has 2 aliphatic rings. The predicted octanol–water partition coefficient (Wildman–Crippen LogP) is 0.360. The van der Waals surface area contributed by atoms with Crippen LogP contribution in [0, 0.1) is 5.92 Å². The second-order valence-electron chi connectivity index (χ2n) is 5.11. The molecule has 2 fully saturated rings. The van der Waals surface area contributed by atoms with Gasteiger partial charge in [-0.1, -0.05) is 6.92 Å². The largest absolute Gasteiger partial charge is 0.327 e. The van der Waals surface area contributed by atoms with Gasteiger partial charge in [0.15, 0.2) is 0 Å². The maximum atomic E-state index is 6.07. The summed E-state index contributed by atoms with van der Waals surface area (Å²) in [4.78, 5) is 5.05. The van der Waals surface area contributed by atoms with E-state index in [9.17, 15) is 0 Å². The molecule has 1 saturated heterocycles. The molecule has 1 aliphatic carbocycles. The topological polar surface area (TPSA) is 32.5 Å². The van der Waals surface area contributed by atoms with E-state index >= 15 is 0 Å². The average Bonchev–Trinajstić information content (AvgIpc) is 2.48. The van der Waals surface area contributed by atoms with E-state index in [2.05, 4.69) is 23.8 Å². The van der Waals surface area contributed by atoms with Gasteiger partial charge in [-0.05, 0) is 25.8 Å². The minimum Gasteiger partial charge on any atom is -0.327 e. The van der Waals surface area contributed by atoms with Crippen LogP contribution >= 0.6 is 0 Å². The fraction of sp³-hybridized carbons (Fsp3) is 1.00. The molecule has 3 heteroatoms. The van der Waals surface area contributed by atoms with Crippen LogP contribution in [0.1, 0.15) is 19.8 Å². The first kappa shape index (κ1) is 10.4. The van der Waals surface area contributed by atoms with Gasteiger partial charge in [0.25, 0.3) is 0 Å². The lowest BCUT2D eigenvalue weighted by atomic mass is 10.1. The summed E-state index contributed by atoms with van der Waals surface area (Å²) in [5, 5.41) is 0. The first-order chi connectivity index (χ1) is 6.66. The maximum Gasteiger partial charge on any atom is 0.0114 e. The van der Waals surface area contributed by atoms with Crippen LogP contribution in [0.15, 0.2) is 0 Å². The Bertz CT molecular complexity index is 177. The Kier molecular flexibility index (Phi) is 3.10. The number of nitrogens with zero attached hydrogens (tertiary/aromatic N) is 2. The van der Waals surface area contributed by atoms with E-state index in [0.29, 0.717) is 6.04 Å². The molecule has 0 spiro atoms. The molecule has 2 N–H and O–H groups in total. The summed E-state index contributed by atoms with van der Waals surface area (Å²) in [6.45, 7) is 7.21. The van der Waals surface area contributed by atoms with Crippen molar-refractivity contribution in [2.24, 2.45) is 11.7 Å². The molecular formula is C11H23N3. The molecule has 0 amide bonds. The molecule has 3 atom stereocenters. The highest BCUT2D eigenvalue weighted by Crippen LogP contribution is 2.28. The molecule has 2 rings (SSSR count). The van der Waals surface area contributed by atoms with E-state index in [1.165, 1.54) is 39.0 Å². The van der Waals surface area contributed by atoms with E-state index < -0.39 is 0 Å². The number of nitrogens with two attached hydrogens (primary N) is 1. The van der Waals surface area contributed by atoms with Crippen molar-refractivity contribution < 1.29 is 0 Å². The number of rotatable bonds is 1. The normalized spacial score (nSPS) is 41.8. The molecule has 14 heavy (non-hydrogen) atoms. The summed E-state index contributed by atoms with van der Waals surface area (Å²) in [5.74, 6) is 0.722. The van der Waals surface area contributed by atoms with Gasteiger partial charge in [0.2, 0.25) is 0 Å². The summed E-state index contributed by atoms with van der Waals surface area (Å²) >= 11 is 0. The van der Waals surface area contributed by atoms with Crippen molar-refractivity contribution in [1.29, 1.82) is 0 Å². The smallest absolute Gasteiger partial charge is 0.0114 e. The standard InChI is InChI=1S/C11H23N3/c1-9-7-10(8-11(9)12)14-5-3-13(2)4-6-14/h9-11H,3-8,12H2,1-2H3/t9?,10?,11-/m1/s1. The van der Waals surface area contributed by atoms with Gasteiger partial charge in [0, 0.05) is 38.3 Å². The lowest BCUT2D eigenvalue weighted by Crippen LogP contribution is -2.48. The van der Waals surface area contributed by atoms with Gasteiger partial charge < -0.3 is 10.6 Å². The number of hydrogen-bond acceptors (Lipinski definition) is 3. The third-order valence-corrected chi connectivity index (χ3v) is 3.97. The molecule has 0 bridgehead atoms. The Labute approximate surface area is 87.2 Å². The van der Waals surface area contributed by atoms with Crippen LogP contribution in [0.2, 0.25) is 0 Å². The highest BCUT2D eigenvalue weighted by molar-refractivity contribution is 4.90. The van der Waals surface area contributed by atoms with Crippen LogP contribution < -0.4 is 5.73 Å². The number of likely N-dealkylation sites (N-methyl/N-ethyl adjacent to an activating group) is 1. The minimum absolute atomic E-state index is 0.444. The first-order valence-electron chi connectivity index (χ1n) is 5.85. The number of hydrogen-bond donors (Lipinski definition) is 1. The van der Waals surface area contributed by atoms with Crippen molar-refractivity contribution in [2.45, 2.75) is 31.8 Å². The van der Waals surface area contributed by atoms with E-state index in [1.807, 2.05) is 0 Å². The molecule has 0 aromatic rings. The average molecular weight is 197 g/mol. The van der Waals surface area contributed by atoms with E-state index in [4.69, 9.17) is 5.73 Å². The molecule has 0 aromatic heterocycles. The Morgan fingerprint density at radius 3 is 2.21 bits per heavy atom. The van der Waals surface area contributed by atoms with Crippen molar-refractivity contribution in [3.63, 3.8) is 0 Å². The molecule has 0 aromatic carbocycles. The van der Waals surface area contributed by atoms with Crippen molar-refractivity contribution in [1.82, 2.24) is 9.80 Å². The Morgan fingerprint density at radius 1 is 1.07 bits per heavy atom. The van der Waals surface area contributed by atoms with Gasteiger partial charge in [-0.25, -0.2) is 0 Å². The quantitative estimate of drug-likeness (QED) is 0.659. The summed E-state index contributed by atoms with van der Waals surface area (Å²) in [6, 6.07) is 1.22. The predicted molar refractivity (Wildman–Crippen MR) is 59.2 cm³/mol. The van der Waals surface area contributed by atoms with Gasteiger partial charge in [0.1, 0.15) is 0 Å². The Hall–Kier alpha value is -0.120. The fourth-order valence-electron chi connectivity index (χ4n) is 2.73. The van der Waals surface area contributed by atoms with Gasteiger partial charge in [0.05, 0.1) is 0 Å². The highest BCUT2D eigenvalue weighted by Gasteiger charge is 2.33. The minimum atomic E-state index is 0.444. The zero-order valence-corrected chi connectivity index (χ0v) is 9.45. The molecule has 3 nitrogen and oxygen atoms in total.